The van der Waals surface area contributed by atoms with Crippen molar-refractivity contribution in [3.05, 3.63) is 69.6 Å². The molecule has 0 atom stereocenters. The largest absolute Gasteiger partial charge is 0.352 e. The molecule has 0 bridgehead atoms. The smallest absolute Gasteiger partial charge is 0.328 e. The minimum absolute atomic E-state index is 0.0557. The molecule has 0 radical (unpaired) electrons. The molecule has 0 fully saturated rings. The topological polar surface area (TPSA) is 56.0 Å². The minimum atomic E-state index is -0.0941. The maximum Gasteiger partial charge on any atom is 0.328 e. The van der Waals surface area contributed by atoms with Crippen LogP contribution in [0.3, 0.4) is 0 Å². The van der Waals surface area contributed by atoms with Crippen molar-refractivity contribution >= 4 is 16.9 Å². The van der Waals surface area contributed by atoms with E-state index in [0.717, 1.165) is 16.6 Å². The SMILES string of the molecule is Cc1ccc(CNC(=O)CCn2c(=O)n(C)c3ccccc32)c(C)c1. The number of carbonyl (C=O) groups excluding carboxylic acids is 1. The average molecular weight is 337 g/mol. The lowest BCUT2D eigenvalue weighted by Gasteiger charge is -2.09. The Morgan fingerprint density at radius 3 is 2.52 bits per heavy atom. The molecule has 0 unspecified atom stereocenters. The molecule has 0 spiro atoms. The Balaban J connectivity index is 1.65. The van der Waals surface area contributed by atoms with E-state index in [1.165, 1.54) is 11.1 Å². The molecule has 5 heteroatoms. The summed E-state index contributed by atoms with van der Waals surface area (Å²) in [7, 11) is 1.75. The van der Waals surface area contributed by atoms with Gasteiger partial charge in [-0.1, -0.05) is 35.9 Å². The number of aryl methyl sites for hydroxylation is 4. The number of para-hydroxylation sites is 2. The van der Waals surface area contributed by atoms with Gasteiger partial charge in [0.1, 0.15) is 0 Å². The lowest BCUT2D eigenvalue weighted by molar-refractivity contribution is -0.121. The number of hydrogen-bond donors (Lipinski definition) is 1. The first-order valence-corrected chi connectivity index (χ1v) is 8.44. The monoisotopic (exact) mass is 337 g/mol. The van der Waals surface area contributed by atoms with Gasteiger partial charge in [0, 0.05) is 26.6 Å². The van der Waals surface area contributed by atoms with Crippen LogP contribution in [0, 0.1) is 13.8 Å². The molecule has 1 heterocycles. The third kappa shape index (κ3) is 3.50. The fourth-order valence-corrected chi connectivity index (χ4v) is 3.12. The molecular formula is C20H23N3O2. The highest BCUT2D eigenvalue weighted by Crippen LogP contribution is 2.12. The summed E-state index contributed by atoms with van der Waals surface area (Å²) >= 11 is 0. The molecule has 3 rings (SSSR count). The normalized spacial score (nSPS) is 11.0. The molecule has 0 aliphatic rings. The molecule has 130 valence electrons. The Kier molecular flexibility index (Phi) is 4.74. The molecule has 0 saturated carbocycles. The van der Waals surface area contributed by atoms with Crippen molar-refractivity contribution in [1.29, 1.82) is 0 Å². The van der Waals surface area contributed by atoms with Gasteiger partial charge in [-0.15, -0.1) is 0 Å². The highest BCUT2D eigenvalue weighted by Gasteiger charge is 2.11. The van der Waals surface area contributed by atoms with Crippen LogP contribution in [-0.4, -0.2) is 15.0 Å². The fraction of sp³-hybridized carbons (Fsp3) is 0.300. The number of carbonyl (C=O) groups is 1. The van der Waals surface area contributed by atoms with Gasteiger partial charge in [0.2, 0.25) is 5.91 Å². The van der Waals surface area contributed by atoms with Crippen molar-refractivity contribution in [1.82, 2.24) is 14.5 Å². The second-order valence-electron chi connectivity index (χ2n) is 6.44. The summed E-state index contributed by atoms with van der Waals surface area (Å²) < 4.78 is 3.27. The molecule has 1 amide bonds. The number of amides is 1. The molecule has 1 N–H and O–H groups in total. The van der Waals surface area contributed by atoms with Crippen molar-refractivity contribution < 1.29 is 4.79 Å². The van der Waals surface area contributed by atoms with Crippen molar-refractivity contribution in [2.45, 2.75) is 33.4 Å². The van der Waals surface area contributed by atoms with Crippen LogP contribution >= 0.6 is 0 Å². The molecule has 25 heavy (non-hydrogen) atoms. The van der Waals surface area contributed by atoms with Crippen molar-refractivity contribution in [2.24, 2.45) is 7.05 Å². The predicted octanol–water partition coefficient (Wildman–Crippen LogP) is 2.66. The Morgan fingerprint density at radius 1 is 1.08 bits per heavy atom. The number of rotatable bonds is 5. The minimum Gasteiger partial charge on any atom is -0.352 e. The van der Waals surface area contributed by atoms with Crippen LogP contribution in [0.5, 0.6) is 0 Å². The molecule has 3 aromatic rings. The number of fused-ring (bicyclic) bond motifs is 1. The van der Waals surface area contributed by atoms with Gasteiger partial charge in [-0.05, 0) is 37.1 Å². The zero-order valence-electron chi connectivity index (χ0n) is 14.9. The summed E-state index contributed by atoms with van der Waals surface area (Å²) in [6.45, 7) is 4.98. The van der Waals surface area contributed by atoms with Crippen LogP contribution in [-0.2, 0) is 24.9 Å². The van der Waals surface area contributed by atoms with Gasteiger partial charge in [-0.25, -0.2) is 4.79 Å². The van der Waals surface area contributed by atoms with Crippen LogP contribution in [0.25, 0.3) is 11.0 Å². The summed E-state index contributed by atoms with van der Waals surface area (Å²) in [5, 5.41) is 2.94. The molecule has 0 aliphatic heterocycles. The number of benzene rings is 2. The van der Waals surface area contributed by atoms with E-state index < -0.39 is 0 Å². The summed E-state index contributed by atoms with van der Waals surface area (Å²) in [6.07, 6.45) is 0.277. The summed E-state index contributed by atoms with van der Waals surface area (Å²) in [4.78, 5) is 24.5. The molecular weight excluding hydrogens is 314 g/mol. The summed E-state index contributed by atoms with van der Waals surface area (Å²) in [6, 6.07) is 13.8. The predicted molar refractivity (Wildman–Crippen MR) is 99.6 cm³/mol. The Bertz CT molecular complexity index is 982. The van der Waals surface area contributed by atoms with Gasteiger partial charge in [0.05, 0.1) is 11.0 Å². The van der Waals surface area contributed by atoms with Gasteiger partial charge in [0.15, 0.2) is 0 Å². The van der Waals surface area contributed by atoms with E-state index in [1.54, 1.807) is 16.2 Å². The van der Waals surface area contributed by atoms with Gasteiger partial charge in [-0.3, -0.25) is 13.9 Å². The summed E-state index contributed by atoms with van der Waals surface area (Å²) in [5.74, 6) is -0.0557. The van der Waals surface area contributed by atoms with E-state index in [0.29, 0.717) is 13.1 Å². The molecule has 0 saturated heterocycles. The lowest BCUT2D eigenvalue weighted by atomic mass is 10.1. The van der Waals surface area contributed by atoms with E-state index in [9.17, 15) is 9.59 Å². The summed E-state index contributed by atoms with van der Waals surface area (Å²) in [5.41, 5.74) is 5.14. The quantitative estimate of drug-likeness (QED) is 0.778. The van der Waals surface area contributed by atoms with Gasteiger partial charge in [-0.2, -0.15) is 0 Å². The number of nitrogens with zero attached hydrogens (tertiary/aromatic N) is 2. The van der Waals surface area contributed by atoms with E-state index >= 15 is 0 Å². The number of hydrogen-bond acceptors (Lipinski definition) is 2. The fourth-order valence-electron chi connectivity index (χ4n) is 3.12. The molecule has 5 nitrogen and oxygen atoms in total. The first-order chi connectivity index (χ1) is 12.0. The zero-order valence-corrected chi connectivity index (χ0v) is 14.9. The van der Waals surface area contributed by atoms with Crippen LogP contribution in [0.2, 0.25) is 0 Å². The van der Waals surface area contributed by atoms with Crippen molar-refractivity contribution in [3.63, 3.8) is 0 Å². The molecule has 2 aromatic carbocycles. The Morgan fingerprint density at radius 2 is 1.80 bits per heavy atom. The zero-order chi connectivity index (χ0) is 18.0. The average Bonchev–Trinajstić information content (AvgIpc) is 2.84. The van der Waals surface area contributed by atoms with Crippen molar-refractivity contribution in [2.75, 3.05) is 0 Å². The maximum atomic E-state index is 12.4. The van der Waals surface area contributed by atoms with E-state index in [-0.39, 0.29) is 18.0 Å². The third-order valence-electron chi connectivity index (χ3n) is 4.59. The number of aromatic nitrogens is 2. The van der Waals surface area contributed by atoms with E-state index in [4.69, 9.17) is 0 Å². The Hall–Kier alpha value is -2.82. The van der Waals surface area contributed by atoms with Crippen LogP contribution in [0.1, 0.15) is 23.1 Å². The van der Waals surface area contributed by atoms with E-state index in [1.807, 2.05) is 43.3 Å². The Labute approximate surface area is 146 Å². The molecule has 0 aliphatic carbocycles. The maximum absolute atomic E-state index is 12.4. The number of imidazole rings is 1. The highest BCUT2D eigenvalue weighted by molar-refractivity contribution is 5.77. The second-order valence-corrected chi connectivity index (χ2v) is 6.44. The van der Waals surface area contributed by atoms with Crippen LogP contribution in [0.4, 0.5) is 0 Å². The third-order valence-corrected chi connectivity index (χ3v) is 4.59. The first kappa shape index (κ1) is 17.0. The lowest BCUT2D eigenvalue weighted by Crippen LogP contribution is -2.27. The highest BCUT2D eigenvalue weighted by atomic mass is 16.2. The van der Waals surface area contributed by atoms with Gasteiger partial charge >= 0.3 is 5.69 Å². The second kappa shape index (κ2) is 6.97. The molecule has 1 aromatic heterocycles. The van der Waals surface area contributed by atoms with Crippen molar-refractivity contribution in [3.8, 4) is 0 Å². The first-order valence-electron chi connectivity index (χ1n) is 8.44. The van der Waals surface area contributed by atoms with E-state index in [2.05, 4.69) is 18.3 Å². The van der Waals surface area contributed by atoms with Gasteiger partial charge < -0.3 is 5.32 Å². The standard InChI is InChI=1S/C20H23N3O2/c1-14-8-9-16(15(2)12-14)13-21-19(24)10-11-23-18-7-5-4-6-17(18)22(3)20(23)25/h4-9,12H,10-11,13H2,1-3H3,(H,21,24). The van der Waals surface area contributed by atoms with Gasteiger partial charge in [0.25, 0.3) is 0 Å². The van der Waals surface area contributed by atoms with Crippen LogP contribution < -0.4 is 11.0 Å². The van der Waals surface area contributed by atoms with Crippen LogP contribution in [0.15, 0.2) is 47.3 Å². The number of nitrogens with one attached hydrogen (secondary N) is 1.